The van der Waals surface area contributed by atoms with Crippen LogP contribution in [0.2, 0.25) is 0 Å². The number of nitrogens with one attached hydrogen (secondary N) is 2. The maximum absolute atomic E-state index is 12.8. The van der Waals surface area contributed by atoms with Gasteiger partial charge in [-0.1, -0.05) is 35.9 Å². The van der Waals surface area contributed by atoms with Crippen LogP contribution in [0.4, 0.5) is 11.4 Å². The summed E-state index contributed by atoms with van der Waals surface area (Å²) < 4.78 is 28.3. The molecule has 0 heterocycles. The summed E-state index contributed by atoms with van der Waals surface area (Å²) >= 11 is 0. The topological polar surface area (TPSA) is 75.3 Å². The second-order valence-electron chi connectivity index (χ2n) is 7.17. The minimum atomic E-state index is -3.74. The molecule has 0 aliphatic heterocycles. The van der Waals surface area contributed by atoms with Crippen LogP contribution in [0.5, 0.6) is 0 Å². The molecular weight excluding hydrogens is 384 g/mol. The molecule has 3 aromatic rings. The fourth-order valence-corrected chi connectivity index (χ4v) is 4.48. The molecule has 0 bridgehead atoms. The summed E-state index contributed by atoms with van der Waals surface area (Å²) in [4.78, 5) is 12.5. The maximum atomic E-state index is 12.8. The van der Waals surface area contributed by atoms with E-state index in [0.29, 0.717) is 16.9 Å². The van der Waals surface area contributed by atoms with E-state index in [2.05, 4.69) is 10.0 Å². The number of benzene rings is 3. The summed E-state index contributed by atoms with van der Waals surface area (Å²) in [6, 6.07) is 17.3. The third-order valence-electron chi connectivity index (χ3n) is 4.73. The molecule has 0 saturated heterocycles. The van der Waals surface area contributed by atoms with E-state index in [-0.39, 0.29) is 10.8 Å². The normalized spacial score (nSPS) is 11.2. The lowest BCUT2D eigenvalue weighted by Crippen LogP contribution is -2.16. The van der Waals surface area contributed by atoms with Crippen LogP contribution in [0.1, 0.15) is 32.6 Å². The largest absolute Gasteiger partial charge is 0.322 e. The molecule has 0 aliphatic carbocycles. The molecule has 0 saturated carbocycles. The number of sulfonamides is 1. The second kappa shape index (κ2) is 8.09. The molecule has 6 heteroatoms. The van der Waals surface area contributed by atoms with Crippen molar-refractivity contribution in [1.82, 2.24) is 0 Å². The van der Waals surface area contributed by atoms with Crippen molar-refractivity contribution < 1.29 is 13.2 Å². The van der Waals surface area contributed by atoms with Crippen LogP contribution < -0.4 is 10.0 Å². The van der Waals surface area contributed by atoms with Gasteiger partial charge in [0.2, 0.25) is 0 Å². The highest BCUT2D eigenvalue weighted by Crippen LogP contribution is 2.25. The SMILES string of the molecule is Cc1cc(C)c(NS(=O)(=O)c2ccc(NC(=O)c3ccccc3C)cc2)c(C)c1. The number of carbonyl (C=O) groups is 1. The highest BCUT2D eigenvalue weighted by Gasteiger charge is 2.17. The Morgan fingerprint density at radius 2 is 1.38 bits per heavy atom. The molecule has 0 atom stereocenters. The van der Waals surface area contributed by atoms with Gasteiger partial charge in [-0.3, -0.25) is 9.52 Å². The second-order valence-corrected chi connectivity index (χ2v) is 8.86. The molecule has 0 spiro atoms. The van der Waals surface area contributed by atoms with E-state index in [1.54, 1.807) is 24.3 Å². The van der Waals surface area contributed by atoms with Gasteiger partial charge in [0.1, 0.15) is 0 Å². The number of amides is 1. The first-order valence-electron chi connectivity index (χ1n) is 9.25. The number of hydrogen-bond acceptors (Lipinski definition) is 3. The number of hydrogen-bond donors (Lipinski definition) is 2. The molecule has 0 aromatic heterocycles. The summed E-state index contributed by atoms with van der Waals surface area (Å²) in [5.41, 5.74) is 5.39. The van der Waals surface area contributed by atoms with Crippen molar-refractivity contribution >= 4 is 27.3 Å². The van der Waals surface area contributed by atoms with Crippen LogP contribution >= 0.6 is 0 Å². The average Bonchev–Trinajstić information content (AvgIpc) is 2.65. The van der Waals surface area contributed by atoms with Crippen molar-refractivity contribution in [2.45, 2.75) is 32.6 Å². The maximum Gasteiger partial charge on any atom is 0.261 e. The predicted octanol–water partition coefficient (Wildman–Crippen LogP) is 4.97. The molecular formula is C23H24N2O3S. The fraction of sp³-hybridized carbons (Fsp3) is 0.174. The van der Waals surface area contributed by atoms with E-state index in [4.69, 9.17) is 0 Å². The zero-order valence-corrected chi connectivity index (χ0v) is 17.7. The zero-order valence-electron chi connectivity index (χ0n) is 16.9. The molecule has 0 radical (unpaired) electrons. The molecule has 5 nitrogen and oxygen atoms in total. The Balaban J connectivity index is 1.79. The average molecular weight is 409 g/mol. The summed E-state index contributed by atoms with van der Waals surface area (Å²) in [5, 5.41) is 2.80. The van der Waals surface area contributed by atoms with Crippen LogP contribution in [0.3, 0.4) is 0 Å². The van der Waals surface area contributed by atoms with Gasteiger partial charge in [-0.2, -0.15) is 0 Å². The minimum absolute atomic E-state index is 0.130. The van der Waals surface area contributed by atoms with Gasteiger partial charge in [0, 0.05) is 11.3 Å². The number of anilines is 2. The Morgan fingerprint density at radius 1 is 0.793 bits per heavy atom. The Morgan fingerprint density at radius 3 is 1.97 bits per heavy atom. The Hall–Kier alpha value is -3.12. The third-order valence-corrected chi connectivity index (χ3v) is 6.09. The van der Waals surface area contributed by atoms with Crippen molar-refractivity contribution in [2.24, 2.45) is 0 Å². The molecule has 0 unspecified atom stereocenters. The predicted molar refractivity (Wildman–Crippen MR) is 117 cm³/mol. The lowest BCUT2D eigenvalue weighted by atomic mass is 10.1. The first-order valence-corrected chi connectivity index (χ1v) is 10.7. The van der Waals surface area contributed by atoms with Crippen LogP contribution in [0.25, 0.3) is 0 Å². The van der Waals surface area contributed by atoms with Gasteiger partial charge in [0.25, 0.3) is 15.9 Å². The van der Waals surface area contributed by atoms with Gasteiger partial charge in [-0.05, 0) is 74.7 Å². The highest BCUT2D eigenvalue weighted by molar-refractivity contribution is 7.92. The van der Waals surface area contributed by atoms with E-state index in [0.717, 1.165) is 22.3 Å². The summed E-state index contributed by atoms with van der Waals surface area (Å²) in [7, 11) is -3.74. The first kappa shape index (κ1) is 20.6. The monoisotopic (exact) mass is 408 g/mol. The minimum Gasteiger partial charge on any atom is -0.322 e. The Labute approximate surface area is 171 Å². The highest BCUT2D eigenvalue weighted by atomic mass is 32.2. The van der Waals surface area contributed by atoms with Crippen LogP contribution in [0, 0.1) is 27.7 Å². The Bertz CT molecular complexity index is 1140. The summed E-state index contributed by atoms with van der Waals surface area (Å²) in [5.74, 6) is -0.234. The van der Waals surface area contributed by atoms with Gasteiger partial charge in [-0.25, -0.2) is 8.42 Å². The number of rotatable bonds is 5. The van der Waals surface area contributed by atoms with Gasteiger partial charge >= 0.3 is 0 Å². The van der Waals surface area contributed by atoms with E-state index >= 15 is 0 Å². The van der Waals surface area contributed by atoms with Gasteiger partial charge in [-0.15, -0.1) is 0 Å². The molecule has 0 fully saturated rings. The number of carbonyl (C=O) groups excluding carboxylic acids is 1. The van der Waals surface area contributed by atoms with E-state index < -0.39 is 10.0 Å². The van der Waals surface area contributed by atoms with Crippen LogP contribution in [0.15, 0.2) is 65.6 Å². The van der Waals surface area contributed by atoms with Crippen molar-refractivity contribution in [1.29, 1.82) is 0 Å². The van der Waals surface area contributed by atoms with Crippen LogP contribution in [-0.2, 0) is 10.0 Å². The third kappa shape index (κ3) is 4.66. The first-order chi connectivity index (χ1) is 13.7. The van der Waals surface area contributed by atoms with Crippen molar-refractivity contribution in [3.8, 4) is 0 Å². The molecule has 29 heavy (non-hydrogen) atoms. The summed E-state index contributed by atoms with van der Waals surface area (Å²) in [6.45, 7) is 7.59. The molecule has 1 amide bonds. The van der Waals surface area contributed by atoms with Gasteiger partial charge in [0.05, 0.1) is 10.6 Å². The molecule has 3 aromatic carbocycles. The van der Waals surface area contributed by atoms with E-state index in [9.17, 15) is 13.2 Å². The standard InChI is InChI=1S/C23H24N2O3S/c1-15-13-17(3)22(18(4)14-15)25-29(27,28)20-11-9-19(10-12-20)24-23(26)21-8-6-5-7-16(21)2/h5-14,25H,1-4H3,(H,24,26). The lowest BCUT2D eigenvalue weighted by molar-refractivity contribution is 0.102. The molecule has 150 valence electrons. The van der Waals surface area contributed by atoms with Crippen LogP contribution in [-0.4, -0.2) is 14.3 Å². The number of aryl methyl sites for hydroxylation is 4. The van der Waals surface area contributed by atoms with E-state index in [1.807, 2.05) is 52.0 Å². The smallest absolute Gasteiger partial charge is 0.261 e. The quantitative estimate of drug-likeness (QED) is 0.626. The van der Waals surface area contributed by atoms with Crippen molar-refractivity contribution in [3.05, 3.63) is 88.5 Å². The fourth-order valence-electron chi connectivity index (χ4n) is 3.28. The zero-order chi connectivity index (χ0) is 21.2. The van der Waals surface area contributed by atoms with Crippen molar-refractivity contribution in [2.75, 3.05) is 10.0 Å². The Kier molecular flexibility index (Phi) is 5.75. The summed E-state index contributed by atoms with van der Waals surface area (Å²) in [6.07, 6.45) is 0. The van der Waals surface area contributed by atoms with E-state index in [1.165, 1.54) is 12.1 Å². The molecule has 2 N–H and O–H groups in total. The van der Waals surface area contributed by atoms with Gasteiger partial charge < -0.3 is 5.32 Å². The van der Waals surface area contributed by atoms with Gasteiger partial charge in [0.15, 0.2) is 0 Å². The van der Waals surface area contributed by atoms with Crippen molar-refractivity contribution in [3.63, 3.8) is 0 Å². The molecule has 0 aliphatic rings. The lowest BCUT2D eigenvalue weighted by Gasteiger charge is -2.14. The molecule has 3 rings (SSSR count).